The first-order valence-corrected chi connectivity index (χ1v) is 7.84. The Morgan fingerprint density at radius 2 is 1.60 bits per heavy atom. The van der Waals surface area contributed by atoms with E-state index in [2.05, 4.69) is 56.5 Å². The monoisotopic (exact) mass is 309 g/mol. The lowest BCUT2D eigenvalue weighted by Gasteiger charge is -2.18. The number of rotatable bonds is 1. The molecule has 0 aliphatic rings. The molecular formula is C15H20ClN3S. The molecule has 0 spiro atoms. The van der Waals surface area contributed by atoms with E-state index in [4.69, 9.17) is 11.6 Å². The van der Waals surface area contributed by atoms with Crippen LogP contribution in [0.2, 0.25) is 5.15 Å². The summed E-state index contributed by atoms with van der Waals surface area (Å²) in [7, 11) is 0. The molecule has 0 aliphatic heterocycles. The van der Waals surface area contributed by atoms with Crippen LogP contribution in [0.4, 0.5) is 0 Å². The van der Waals surface area contributed by atoms with E-state index in [0.717, 1.165) is 16.4 Å². The lowest BCUT2D eigenvalue weighted by atomic mass is 9.92. The van der Waals surface area contributed by atoms with Crippen LogP contribution in [0.5, 0.6) is 0 Å². The second kappa shape index (κ2) is 5.08. The van der Waals surface area contributed by atoms with Crippen molar-refractivity contribution in [3.05, 3.63) is 27.3 Å². The molecule has 0 radical (unpaired) electrons. The van der Waals surface area contributed by atoms with Crippen molar-refractivity contribution in [2.75, 3.05) is 0 Å². The zero-order chi connectivity index (χ0) is 15.1. The molecule has 2 aromatic heterocycles. The molecule has 20 heavy (non-hydrogen) atoms. The number of aromatic nitrogens is 3. The van der Waals surface area contributed by atoms with Crippen molar-refractivity contribution in [2.45, 2.75) is 52.4 Å². The van der Waals surface area contributed by atoms with Gasteiger partial charge < -0.3 is 0 Å². The molecule has 2 aromatic rings. The average Bonchev–Trinajstić information content (AvgIpc) is 2.75. The van der Waals surface area contributed by atoms with Crippen LogP contribution >= 0.6 is 22.9 Å². The summed E-state index contributed by atoms with van der Waals surface area (Å²) in [6.45, 7) is 12.8. The van der Waals surface area contributed by atoms with E-state index in [0.29, 0.717) is 11.0 Å². The summed E-state index contributed by atoms with van der Waals surface area (Å²) in [6.07, 6.45) is 0. The second-order valence-corrected chi connectivity index (χ2v) is 8.18. The third-order valence-corrected chi connectivity index (χ3v) is 4.30. The van der Waals surface area contributed by atoms with Crippen molar-refractivity contribution >= 4 is 22.9 Å². The number of nitrogens with zero attached hydrogens (tertiary/aromatic N) is 3. The van der Waals surface area contributed by atoms with Crippen LogP contribution in [0, 0.1) is 0 Å². The van der Waals surface area contributed by atoms with E-state index in [9.17, 15) is 0 Å². The van der Waals surface area contributed by atoms with Crippen LogP contribution in [0.1, 0.15) is 52.2 Å². The van der Waals surface area contributed by atoms with Crippen LogP contribution in [-0.2, 0) is 10.8 Å². The van der Waals surface area contributed by atoms with Crippen molar-refractivity contribution in [1.82, 2.24) is 15.0 Å². The standard InChI is InChI=1S/C15H20ClN3S/c1-14(2,3)10-7-11(16)19-12(18-10)9-8-20-13(17-9)15(4,5)6/h7-8H,1-6H3. The molecule has 0 aromatic carbocycles. The summed E-state index contributed by atoms with van der Waals surface area (Å²) in [5.41, 5.74) is 1.70. The third kappa shape index (κ3) is 3.36. The molecule has 0 aliphatic carbocycles. The normalized spacial score (nSPS) is 12.8. The van der Waals surface area contributed by atoms with Crippen LogP contribution in [0.25, 0.3) is 11.5 Å². The summed E-state index contributed by atoms with van der Waals surface area (Å²) < 4.78 is 0. The van der Waals surface area contributed by atoms with E-state index in [1.807, 2.05) is 11.4 Å². The highest BCUT2D eigenvalue weighted by Crippen LogP contribution is 2.30. The predicted molar refractivity (Wildman–Crippen MR) is 85.6 cm³/mol. The highest BCUT2D eigenvalue weighted by molar-refractivity contribution is 7.10. The SMILES string of the molecule is CC(C)(C)c1cc(Cl)nc(-c2csc(C(C)(C)C)n2)n1. The maximum Gasteiger partial charge on any atom is 0.180 e. The molecule has 0 fully saturated rings. The highest BCUT2D eigenvalue weighted by atomic mass is 35.5. The van der Waals surface area contributed by atoms with Gasteiger partial charge in [0.25, 0.3) is 0 Å². The van der Waals surface area contributed by atoms with Gasteiger partial charge in [-0.2, -0.15) is 0 Å². The zero-order valence-corrected chi connectivity index (χ0v) is 14.4. The minimum absolute atomic E-state index is 0.0361. The molecule has 0 bridgehead atoms. The summed E-state index contributed by atoms with van der Waals surface area (Å²) in [5.74, 6) is 0.606. The molecule has 108 valence electrons. The van der Waals surface area contributed by atoms with Crippen molar-refractivity contribution in [2.24, 2.45) is 0 Å². The molecular weight excluding hydrogens is 290 g/mol. The first-order chi connectivity index (χ1) is 9.07. The Bertz CT molecular complexity index is 621. The maximum absolute atomic E-state index is 6.13. The third-order valence-electron chi connectivity index (χ3n) is 2.84. The smallest absolute Gasteiger partial charge is 0.180 e. The molecule has 5 heteroatoms. The molecule has 0 N–H and O–H groups in total. The van der Waals surface area contributed by atoms with E-state index in [1.54, 1.807) is 11.3 Å². The van der Waals surface area contributed by atoms with Gasteiger partial charge in [-0.25, -0.2) is 15.0 Å². The van der Waals surface area contributed by atoms with E-state index >= 15 is 0 Å². The minimum atomic E-state index is -0.0653. The van der Waals surface area contributed by atoms with Gasteiger partial charge in [0.15, 0.2) is 5.82 Å². The summed E-state index contributed by atoms with van der Waals surface area (Å²) in [5, 5.41) is 3.54. The second-order valence-electron chi connectivity index (χ2n) is 6.94. The predicted octanol–water partition coefficient (Wildman–Crippen LogP) is 4.85. The maximum atomic E-state index is 6.13. The quantitative estimate of drug-likeness (QED) is 0.707. The van der Waals surface area contributed by atoms with Gasteiger partial charge in [-0.15, -0.1) is 11.3 Å². The zero-order valence-electron chi connectivity index (χ0n) is 12.8. The fourth-order valence-electron chi connectivity index (χ4n) is 1.64. The van der Waals surface area contributed by atoms with Crippen LogP contribution in [0.15, 0.2) is 11.4 Å². The Morgan fingerprint density at radius 1 is 0.950 bits per heavy atom. The number of hydrogen-bond donors (Lipinski definition) is 0. The van der Waals surface area contributed by atoms with Crippen molar-refractivity contribution in [3.63, 3.8) is 0 Å². The first-order valence-electron chi connectivity index (χ1n) is 6.59. The average molecular weight is 310 g/mol. The summed E-state index contributed by atoms with van der Waals surface area (Å²) >= 11 is 7.76. The van der Waals surface area contributed by atoms with Gasteiger partial charge in [0.05, 0.1) is 10.7 Å². The number of halogens is 1. The van der Waals surface area contributed by atoms with Crippen molar-refractivity contribution < 1.29 is 0 Å². The molecule has 0 amide bonds. The Labute approximate surface area is 129 Å². The fraction of sp³-hybridized carbons (Fsp3) is 0.533. The van der Waals surface area contributed by atoms with E-state index in [1.165, 1.54) is 0 Å². The molecule has 2 rings (SSSR count). The molecule has 3 nitrogen and oxygen atoms in total. The summed E-state index contributed by atoms with van der Waals surface area (Å²) in [6, 6.07) is 1.82. The largest absolute Gasteiger partial charge is 0.237 e. The van der Waals surface area contributed by atoms with Crippen molar-refractivity contribution in [1.29, 1.82) is 0 Å². The van der Waals surface area contributed by atoms with Gasteiger partial charge in [0.2, 0.25) is 0 Å². The topological polar surface area (TPSA) is 38.7 Å². The van der Waals surface area contributed by atoms with Crippen LogP contribution < -0.4 is 0 Å². The van der Waals surface area contributed by atoms with Gasteiger partial charge in [-0.3, -0.25) is 0 Å². The lowest BCUT2D eigenvalue weighted by Crippen LogP contribution is -2.14. The Kier molecular flexibility index (Phi) is 3.91. The van der Waals surface area contributed by atoms with Gasteiger partial charge in [0, 0.05) is 16.2 Å². The van der Waals surface area contributed by atoms with Gasteiger partial charge in [-0.1, -0.05) is 53.1 Å². The van der Waals surface area contributed by atoms with Crippen LogP contribution in [0.3, 0.4) is 0 Å². The Hall–Kier alpha value is -1.00. The van der Waals surface area contributed by atoms with Gasteiger partial charge in [-0.05, 0) is 6.07 Å². The van der Waals surface area contributed by atoms with Crippen molar-refractivity contribution in [3.8, 4) is 11.5 Å². The Morgan fingerprint density at radius 3 is 2.10 bits per heavy atom. The highest BCUT2D eigenvalue weighted by Gasteiger charge is 2.22. The van der Waals surface area contributed by atoms with E-state index in [-0.39, 0.29) is 10.8 Å². The minimum Gasteiger partial charge on any atom is -0.237 e. The molecule has 0 saturated carbocycles. The molecule has 0 atom stereocenters. The van der Waals surface area contributed by atoms with Gasteiger partial charge >= 0.3 is 0 Å². The fourth-order valence-corrected chi connectivity index (χ4v) is 2.71. The number of thiazole rings is 1. The van der Waals surface area contributed by atoms with Crippen LogP contribution in [-0.4, -0.2) is 15.0 Å². The Balaban J connectivity index is 2.48. The van der Waals surface area contributed by atoms with Gasteiger partial charge in [0.1, 0.15) is 10.8 Å². The lowest BCUT2D eigenvalue weighted by molar-refractivity contribution is 0.567. The molecule has 0 unspecified atom stereocenters. The van der Waals surface area contributed by atoms with E-state index < -0.39 is 0 Å². The molecule has 2 heterocycles. The number of hydrogen-bond acceptors (Lipinski definition) is 4. The summed E-state index contributed by atoms with van der Waals surface area (Å²) in [4.78, 5) is 13.6. The molecule has 0 saturated heterocycles. The first kappa shape index (κ1) is 15.4.